The lowest BCUT2D eigenvalue weighted by molar-refractivity contribution is 0.620. The first kappa shape index (κ1) is 26.2. The van der Waals surface area contributed by atoms with Gasteiger partial charge in [0.2, 0.25) is 0 Å². The number of hydrogen-bond donors (Lipinski definition) is 0. The summed E-state index contributed by atoms with van der Waals surface area (Å²) in [6.45, 7) is 3.18. The van der Waals surface area contributed by atoms with Gasteiger partial charge in [-0.3, -0.25) is 18.7 Å². The Morgan fingerprint density at radius 2 is 1.24 bits per heavy atom. The molecule has 0 saturated heterocycles. The summed E-state index contributed by atoms with van der Waals surface area (Å²) < 4.78 is 16.5. The fourth-order valence-electron chi connectivity index (χ4n) is 4.75. The van der Waals surface area contributed by atoms with Crippen LogP contribution < -0.4 is 11.1 Å². The average Bonchev–Trinajstić information content (AvgIpc) is 3.84. The van der Waals surface area contributed by atoms with Crippen LogP contribution in [0.15, 0.2) is 101 Å². The van der Waals surface area contributed by atoms with Gasteiger partial charge in [-0.05, 0) is 74.2 Å². The predicted molar refractivity (Wildman–Crippen MR) is 157 cm³/mol. The van der Waals surface area contributed by atoms with Crippen molar-refractivity contribution in [2.75, 3.05) is 0 Å². The van der Waals surface area contributed by atoms with Crippen LogP contribution in [0.4, 0.5) is 4.39 Å². The van der Waals surface area contributed by atoms with Gasteiger partial charge in [0.25, 0.3) is 11.1 Å². The minimum absolute atomic E-state index is 0.0973. The number of benzene rings is 2. The number of aromatic nitrogens is 6. The summed E-state index contributed by atoms with van der Waals surface area (Å²) >= 11 is 0. The van der Waals surface area contributed by atoms with Crippen LogP contribution in [0, 0.1) is 11.7 Å². The Balaban J connectivity index is 0.000000149. The maximum atomic E-state index is 13.1. The summed E-state index contributed by atoms with van der Waals surface area (Å²) in [5, 5.41) is 0. The molecule has 1 fully saturated rings. The first-order valence-electron chi connectivity index (χ1n) is 13.6. The van der Waals surface area contributed by atoms with E-state index >= 15 is 0 Å². The van der Waals surface area contributed by atoms with E-state index in [-0.39, 0.29) is 16.9 Å². The number of aryl methyl sites for hydroxylation is 1. The summed E-state index contributed by atoms with van der Waals surface area (Å²) in [5.74, 6) is 0.218. The normalized spacial score (nSPS) is 12.7. The summed E-state index contributed by atoms with van der Waals surface area (Å²) in [7, 11) is 0. The third-order valence-electron chi connectivity index (χ3n) is 7.02. The second kappa shape index (κ2) is 11.2. The molecule has 0 bridgehead atoms. The molecule has 9 heteroatoms. The molecule has 0 spiro atoms. The molecule has 204 valence electrons. The van der Waals surface area contributed by atoms with Crippen molar-refractivity contribution in [3.8, 4) is 22.5 Å². The van der Waals surface area contributed by atoms with Crippen molar-refractivity contribution in [1.29, 1.82) is 0 Å². The molecular formula is C32H27FN6O2. The van der Waals surface area contributed by atoms with Gasteiger partial charge in [-0.15, -0.1) is 0 Å². The van der Waals surface area contributed by atoms with Crippen LogP contribution >= 0.6 is 0 Å². The van der Waals surface area contributed by atoms with Crippen LogP contribution in [0.5, 0.6) is 0 Å². The molecule has 0 unspecified atom stereocenters. The molecular weight excluding hydrogens is 519 g/mol. The Morgan fingerprint density at radius 3 is 1.80 bits per heavy atom. The lowest BCUT2D eigenvalue weighted by Gasteiger charge is -2.11. The van der Waals surface area contributed by atoms with Gasteiger partial charge < -0.3 is 0 Å². The van der Waals surface area contributed by atoms with Crippen LogP contribution in [0.1, 0.15) is 19.8 Å². The lowest BCUT2D eigenvalue weighted by Crippen LogP contribution is -2.25. The largest absolute Gasteiger partial charge is 0.290 e. The second-order valence-electron chi connectivity index (χ2n) is 9.89. The molecule has 4 aromatic heterocycles. The highest BCUT2D eigenvalue weighted by Gasteiger charge is 2.24. The van der Waals surface area contributed by atoms with Crippen molar-refractivity contribution >= 4 is 22.3 Å². The number of halogens is 1. The Kier molecular flexibility index (Phi) is 7.16. The molecule has 1 aliphatic rings. The van der Waals surface area contributed by atoms with Crippen molar-refractivity contribution in [3.05, 3.63) is 118 Å². The molecule has 8 nitrogen and oxygen atoms in total. The topological polar surface area (TPSA) is 95.6 Å². The van der Waals surface area contributed by atoms with E-state index in [1.807, 2.05) is 55.5 Å². The zero-order valence-electron chi connectivity index (χ0n) is 22.4. The molecule has 1 saturated carbocycles. The molecule has 4 heterocycles. The van der Waals surface area contributed by atoms with E-state index in [0.29, 0.717) is 52.8 Å². The zero-order chi connectivity index (χ0) is 28.3. The van der Waals surface area contributed by atoms with Gasteiger partial charge >= 0.3 is 0 Å². The first-order valence-corrected chi connectivity index (χ1v) is 13.6. The van der Waals surface area contributed by atoms with Gasteiger partial charge in [0.1, 0.15) is 28.2 Å². The second-order valence-corrected chi connectivity index (χ2v) is 9.89. The fraction of sp³-hybridized carbons (Fsp3) is 0.188. The quantitative estimate of drug-likeness (QED) is 0.284. The van der Waals surface area contributed by atoms with E-state index in [0.717, 1.165) is 23.9 Å². The summed E-state index contributed by atoms with van der Waals surface area (Å²) in [4.78, 5) is 42.7. The monoisotopic (exact) mass is 546 g/mol. The van der Waals surface area contributed by atoms with Crippen LogP contribution in [-0.2, 0) is 13.1 Å². The SMILES string of the molecule is CCn1c(=O)c(-c2ccccc2)nc2cccnc21.O=c1c(-c2ccc(F)cc2)nc2cccnc2n1CC1CC1. The Hall–Kier alpha value is -5.05. The molecule has 7 rings (SSSR count). The first-order chi connectivity index (χ1) is 20.0. The maximum Gasteiger partial charge on any atom is 0.278 e. The summed E-state index contributed by atoms with van der Waals surface area (Å²) in [6.07, 6.45) is 5.65. The highest BCUT2D eigenvalue weighted by atomic mass is 19.1. The van der Waals surface area contributed by atoms with Crippen LogP contribution in [0.25, 0.3) is 44.8 Å². The Labute approximate surface area is 234 Å². The lowest BCUT2D eigenvalue weighted by atomic mass is 10.1. The average molecular weight is 547 g/mol. The fourth-order valence-corrected chi connectivity index (χ4v) is 4.75. The number of nitrogens with zero attached hydrogens (tertiary/aromatic N) is 6. The predicted octanol–water partition coefficient (Wildman–Crippen LogP) is 5.49. The molecule has 6 aromatic rings. The van der Waals surface area contributed by atoms with Crippen molar-refractivity contribution < 1.29 is 4.39 Å². The molecule has 0 radical (unpaired) electrons. The number of hydrogen-bond acceptors (Lipinski definition) is 6. The molecule has 2 aromatic carbocycles. The minimum Gasteiger partial charge on any atom is -0.290 e. The van der Waals surface area contributed by atoms with Crippen molar-refractivity contribution in [2.24, 2.45) is 5.92 Å². The number of fused-ring (bicyclic) bond motifs is 2. The van der Waals surface area contributed by atoms with Gasteiger partial charge in [0.05, 0.1) is 0 Å². The number of pyridine rings is 2. The van der Waals surface area contributed by atoms with E-state index in [1.165, 1.54) is 12.1 Å². The van der Waals surface area contributed by atoms with Gasteiger partial charge in [-0.2, -0.15) is 0 Å². The van der Waals surface area contributed by atoms with Crippen LogP contribution in [0.3, 0.4) is 0 Å². The van der Waals surface area contributed by atoms with Gasteiger partial charge in [-0.25, -0.2) is 24.3 Å². The van der Waals surface area contributed by atoms with E-state index in [1.54, 1.807) is 39.7 Å². The number of rotatable bonds is 5. The summed E-state index contributed by atoms with van der Waals surface area (Å²) in [5.41, 5.74) is 4.70. The van der Waals surface area contributed by atoms with E-state index in [2.05, 4.69) is 19.9 Å². The molecule has 41 heavy (non-hydrogen) atoms. The third-order valence-corrected chi connectivity index (χ3v) is 7.02. The maximum absolute atomic E-state index is 13.1. The van der Waals surface area contributed by atoms with E-state index in [4.69, 9.17) is 0 Å². The molecule has 1 aliphatic carbocycles. The van der Waals surface area contributed by atoms with Crippen molar-refractivity contribution in [3.63, 3.8) is 0 Å². The van der Waals surface area contributed by atoms with Gasteiger partial charge in [0.15, 0.2) is 11.3 Å². The zero-order valence-corrected chi connectivity index (χ0v) is 22.4. The van der Waals surface area contributed by atoms with Crippen LogP contribution in [-0.4, -0.2) is 29.1 Å². The molecule has 0 N–H and O–H groups in total. The highest BCUT2D eigenvalue weighted by molar-refractivity contribution is 5.75. The Bertz CT molecular complexity index is 1970. The van der Waals surface area contributed by atoms with E-state index < -0.39 is 0 Å². The minimum atomic E-state index is -0.329. The standard InChI is InChI=1S/C17H14FN3O.C15H13N3O/c18-13-7-5-12(6-8-13)15-17(22)21(10-11-3-4-11)16-14(20-15)2-1-9-19-16;1-2-18-14-12(9-6-10-16-14)17-13(15(18)19)11-7-4-3-5-8-11/h1-2,5-9,11H,3-4,10H2;3-10H,2H2,1H3. The smallest absolute Gasteiger partial charge is 0.278 e. The third kappa shape index (κ3) is 5.38. The van der Waals surface area contributed by atoms with Crippen molar-refractivity contribution in [1.82, 2.24) is 29.1 Å². The van der Waals surface area contributed by atoms with Gasteiger partial charge in [-0.1, -0.05) is 30.3 Å². The van der Waals surface area contributed by atoms with Crippen LogP contribution in [0.2, 0.25) is 0 Å². The van der Waals surface area contributed by atoms with E-state index in [9.17, 15) is 14.0 Å². The highest BCUT2D eigenvalue weighted by Crippen LogP contribution is 2.31. The molecule has 0 aliphatic heterocycles. The van der Waals surface area contributed by atoms with Gasteiger partial charge in [0, 0.05) is 36.6 Å². The summed E-state index contributed by atoms with van der Waals surface area (Å²) in [6, 6.07) is 22.7. The molecule has 0 atom stereocenters. The molecule has 0 amide bonds. The Morgan fingerprint density at radius 1 is 0.707 bits per heavy atom. The van der Waals surface area contributed by atoms with Crippen molar-refractivity contribution in [2.45, 2.75) is 32.9 Å².